The van der Waals surface area contributed by atoms with Crippen LogP contribution in [0.15, 0.2) is 0 Å². The molecular formula is C47H79N3. The van der Waals surface area contributed by atoms with E-state index in [4.69, 9.17) is 0 Å². The number of likely N-dealkylation sites (tertiary alicyclic amines) is 2. The van der Waals surface area contributed by atoms with Crippen LogP contribution >= 0.6 is 0 Å². The Bertz CT molecular complexity index is 1080. The normalized spacial score (nSPS) is 48.8. The molecule has 0 bridgehead atoms. The quantitative estimate of drug-likeness (QED) is 0.311. The van der Waals surface area contributed by atoms with Crippen LogP contribution in [-0.4, -0.2) is 52.2 Å². The molecule has 3 nitrogen and oxygen atoms in total. The van der Waals surface area contributed by atoms with E-state index in [0.29, 0.717) is 6.17 Å². The third-order valence-corrected chi connectivity index (χ3v) is 19.1. The second-order valence-electron chi connectivity index (χ2n) is 21.1. The Balaban J connectivity index is 0.886. The first-order valence-corrected chi connectivity index (χ1v) is 24.1. The van der Waals surface area contributed by atoms with Crippen molar-refractivity contribution in [2.75, 3.05) is 0 Å². The Morgan fingerprint density at radius 2 is 0.840 bits per heavy atom. The number of nitrogens with one attached hydrogen (secondary N) is 1. The van der Waals surface area contributed by atoms with Gasteiger partial charge >= 0.3 is 0 Å². The van der Waals surface area contributed by atoms with Crippen LogP contribution in [0.1, 0.15) is 199 Å². The lowest BCUT2D eigenvalue weighted by molar-refractivity contribution is -0.0143. The van der Waals surface area contributed by atoms with Crippen molar-refractivity contribution in [3.63, 3.8) is 0 Å². The summed E-state index contributed by atoms with van der Waals surface area (Å²) in [4.78, 5) is 6.62. The number of rotatable bonds is 5. The maximum atomic E-state index is 4.61. The first-order valence-electron chi connectivity index (χ1n) is 24.1. The average molecular weight is 686 g/mol. The first-order chi connectivity index (χ1) is 24.8. The lowest BCUT2D eigenvalue weighted by atomic mass is 9.62. The van der Waals surface area contributed by atoms with E-state index in [2.05, 4.69) is 15.1 Å². The molecule has 50 heavy (non-hydrogen) atoms. The van der Waals surface area contributed by atoms with Gasteiger partial charge in [-0.1, -0.05) is 96.3 Å². The predicted octanol–water partition coefficient (Wildman–Crippen LogP) is 11.5. The summed E-state index contributed by atoms with van der Waals surface area (Å²) < 4.78 is 0. The molecule has 0 radical (unpaired) electrons. The maximum absolute atomic E-state index is 4.61. The van der Waals surface area contributed by atoms with E-state index in [1.54, 1.807) is 70.6 Å². The van der Waals surface area contributed by atoms with Gasteiger partial charge in [0.05, 0.1) is 6.17 Å². The van der Waals surface area contributed by atoms with E-state index in [-0.39, 0.29) is 0 Å². The largest absolute Gasteiger partial charge is 0.299 e. The number of fused-ring (bicyclic) bond motifs is 6. The lowest BCUT2D eigenvalue weighted by Gasteiger charge is -2.51. The number of nitrogens with zero attached hydrogens (tertiary/aromatic N) is 2. The highest BCUT2D eigenvalue weighted by Crippen LogP contribution is 2.58. The van der Waals surface area contributed by atoms with Crippen molar-refractivity contribution in [3.05, 3.63) is 0 Å². The zero-order valence-electron chi connectivity index (χ0n) is 32.6. The van der Waals surface area contributed by atoms with Gasteiger partial charge in [0.2, 0.25) is 0 Å². The van der Waals surface area contributed by atoms with Gasteiger partial charge in [0.15, 0.2) is 0 Å². The molecule has 0 aromatic heterocycles. The lowest BCUT2D eigenvalue weighted by Crippen LogP contribution is -2.61. The minimum absolute atomic E-state index is 0.694. The smallest absolute Gasteiger partial charge is 0.0607 e. The van der Waals surface area contributed by atoms with Crippen LogP contribution in [0.3, 0.4) is 0 Å². The molecule has 7 saturated carbocycles. The van der Waals surface area contributed by atoms with Crippen LogP contribution in [-0.2, 0) is 0 Å². The SMILES string of the molecule is C1CCC(C2CC(C3CCCCC3)NC(N3C4CCCCC4C4CCC(C5CCC6C(C5)C5CCCCC5N6C5CCCCC5)CC43)C2)CC1. The van der Waals surface area contributed by atoms with Crippen molar-refractivity contribution >= 4 is 0 Å². The van der Waals surface area contributed by atoms with Gasteiger partial charge < -0.3 is 0 Å². The first kappa shape index (κ1) is 34.4. The molecule has 3 aliphatic heterocycles. The van der Waals surface area contributed by atoms with Crippen molar-refractivity contribution in [1.29, 1.82) is 0 Å². The van der Waals surface area contributed by atoms with E-state index in [1.807, 2.05) is 0 Å². The summed E-state index contributed by atoms with van der Waals surface area (Å²) in [6.07, 6.45) is 48.4. The van der Waals surface area contributed by atoms with Gasteiger partial charge in [-0.15, -0.1) is 0 Å². The van der Waals surface area contributed by atoms with Crippen LogP contribution in [0.4, 0.5) is 0 Å². The van der Waals surface area contributed by atoms with Gasteiger partial charge in [0, 0.05) is 36.3 Å². The van der Waals surface area contributed by atoms with Crippen LogP contribution in [0.2, 0.25) is 0 Å². The molecule has 3 heteroatoms. The molecule has 10 rings (SSSR count). The van der Waals surface area contributed by atoms with Crippen LogP contribution in [0.25, 0.3) is 0 Å². The highest BCUT2D eigenvalue weighted by atomic mass is 15.3. The maximum Gasteiger partial charge on any atom is 0.0607 e. The summed E-state index contributed by atoms with van der Waals surface area (Å²) in [5.41, 5.74) is 0. The summed E-state index contributed by atoms with van der Waals surface area (Å²) in [6.45, 7) is 0. The third kappa shape index (κ3) is 6.43. The third-order valence-electron chi connectivity index (χ3n) is 19.1. The molecule has 7 aliphatic carbocycles. The monoisotopic (exact) mass is 686 g/mol. The Kier molecular flexibility index (Phi) is 10.4. The van der Waals surface area contributed by atoms with Crippen LogP contribution in [0.5, 0.6) is 0 Å². The fourth-order valence-corrected chi connectivity index (χ4v) is 17.0. The minimum atomic E-state index is 0.694. The van der Waals surface area contributed by atoms with E-state index in [9.17, 15) is 0 Å². The predicted molar refractivity (Wildman–Crippen MR) is 208 cm³/mol. The van der Waals surface area contributed by atoms with Crippen molar-refractivity contribution in [3.8, 4) is 0 Å². The van der Waals surface area contributed by atoms with Crippen molar-refractivity contribution in [1.82, 2.24) is 15.1 Å². The highest BCUT2D eigenvalue weighted by Gasteiger charge is 2.57. The molecule has 1 N–H and O–H groups in total. The Labute approximate surface area is 309 Å². The second-order valence-corrected chi connectivity index (χ2v) is 21.1. The van der Waals surface area contributed by atoms with E-state index in [1.165, 1.54) is 128 Å². The molecule has 3 saturated heterocycles. The fourth-order valence-electron chi connectivity index (χ4n) is 17.0. The summed E-state index contributed by atoms with van der Waals surface area (Å²) >= 11 is 0. The van der Waals surface area contributed by atoms with Gasteiger partial charge in [-0.2, -0.15) is 0 Å². The second kappa shape index (κ2) is 15.2. The topological polar surface area (TPSA) is 18.5 Å². The zero-order chi connectivity index (χ0) is 33.0. The van der Waals surface area contributed by atoms with Crippen molar-refractivity contribution < 1.29 is 0 Å². The van der Waals surface area contributed by atoms with Crippen LogP contribution in [0, 0.1) is 53.3 Å². The van der Waals surface area contributed by atoms with Gasteiger partial charge in [0.25, 0.3) is 0 Å². The number of piperidine rings is 1. The van der Waals surface area contributed by atoms with Crippen LogP contribution < -0.4 is 5.32 Å². The summed E-state index contributed by atoms with van der Waals surface area (Å²) in [6, 6.07) is 5.50. The molecule has 10 aliphatic rings. The molecule has 13 unspecified atom stereocenters. The molecular weight excluding hydrogens is 607 g/mol. The molecule has 282 valence electrons. The summed E-state index contributed by atoms with van der Waals surface area (Å²) in [7, 11) is 0. The Morgan fingerprint density at radius 1 is 0.300 bits per heavy atom. The van der Waals surface area contributed by atoms with Crippen molar-refractivity contribution in [2.24, 2.45) is 53.3 Å². The molecule has 0 amide bonds. The standard InChI is InChI=1S/C47H79N3/c1-4-14-32(15-5-1)36-29-42(33-16-6-2-7-17-33)48-47(31-36)50-44-23-13-10-20-38(44)40-26-24-35(30-46(40)50)34-25-27-45-41(28-34)39-21-11-12-22-43(39)49(45)37-18-8-3-9-19-37/h32-48H,1-31H2. The van der Waals surface area contributed by atoms with E-state index in [0.717, 1.165) is 89.5 Å². The van der Waals surface area contributed by atoms with E-state index >= 15 is 0 Å². The molecule has 0 aromatic carbocycles. The van der Waals surface area contributed by atoms with Gasteiger partial charge in [0.1, 0.15) is 0 Å². The van der Waals surface area contributed by atoms with Gasteiger partial charge in [-0.3, -0.25) is 15.1 Å². The number of hydrogen-bond donors (Lipinski definition) is 1. The summed E-state index contributed by atoms with van der Waals surface area (Å²) in [5, 5.41) is 4.61. The van der Waals surface area contributed by atoms with Gasteiger partial charge in [-0.05, 0) is 156 Å². The fraction of sp³-hybridized carbons (Fsp3) is 1.00. The minimum Gasteiger partial charge on any atom is -0.299 e. The summed E-state index contributed by atoms with van der Waals surface area (Å²) in [5.74, 6) is 9.23. The molecule has 0 spiro atoms. The highest BCUT2D eigenvalue weighted by molar-refractivity contribution is 5.10. The van der Waals surface area contributed by atoms with Crippen molar-refractivity contribution in [2.45, 2.75) is 241 Å². The zero-order valence-corrected chi connectivity index (χ0v) is 32.6. The average Bonchev–Trinajstić information content (AvgIpc) is 3.71. The molecule has 13 atom stereocenters. The number of hydrogen-bond acceptors (Lipinski definition) is 3. The van der Waals surface area contributed by atoms with Gasteiger partial charge in [-0.25, -0.2) is 0 Å². The Hall–Kier alpha value is -0.120. The molecule has 3 heterocycles. The molecule has 10 fully saturated rings. The van der Waals surface area contributed by atoms with E-state index < -0.39 is 0 Å². The Morgan fingerprint density at radius 3 is 1.58 bits per heavy atom. The molecule has 0 aromatic rings.